The zero-order valence-electron chi connectivity index (χ0n) is 26.4. The number of aromatic nitrogens is 3. The molecule has 1 unspecified atom stereocenters. The number of nitrogens with one attached hydrogen (secondary N) is 2. The Labute approximate surface area is 279 Å². The average Bonchev–Trinajstić information content (AvgIpc) is 3.60. The fourth-order valence-corrected chi connectivity index (χ4v) is 6.35. The monoisotopic (exact) mass is 683 g/mol. The first-order chi connectivity index (χ1) is 22.6. The number of anilines is 1. The number of carbonyl (C=O) groups excluding carboxylic acids is 4. The smallest absolute Gasteiger partial charge is 0.348 e. The molecule has 12 nitrogen and oxygen atoms in total. The Morgan fingerprint density at radius 3 is 2.30 bits per heavy atom. The number of rotatable bonds is 14. The maximum absolute atomic E-state index is 14.2. The van der Waals surface area contributed by atoms with Gasteiger partial charge in [0.1, 0.15) is 21.4 Å². The molecule has 2 heterocycles. The largest absolute Gasteiger partial charge is 0.494 e. The molecule has 4 rings (SSSR count). The van der Waals surface area contributed by atoms with E-state index in [1.807, 2.05) is 6.92 Å². The highest BCUT2D eigenvalue weighted by molar-refractivity contribution is 8.00. The molecule has 0 fully saturated rings. The molecular formula is C32H34FN5O7S2. The maximum atomic E-state index is 14.2. The summed E-state index contributed by atoms with van der Waals surface area (Å²) >= 11 is 2.01. The van der Waals surface area contributed by atoms with E-state index in [1.165, 1.54) is 18.2 Å². The van der Waals surface area contributed by atoms with Crippen LogP contribution >= 0.6 is 23.1 Å². The number of hydrogen-bond donors (Lipinski definition) is 2. The third-order valence-corrected chi connectivity index (χ3v) is 8.84. The van der Waals surface area contributed by atoms with Crippen LogP contribution in [0, 0.1) is 12.7 Å². The van der Waals surface area contributed by atoms with Crippen LogP contribution in [0.1, 0.15) is 69.5 Å². The molecule has 0 bridgehead atoms. The lowest BCUT2D eigenvalue weighted by Gasteiger charge is -2.15. The molecule has 1 atom stereocenters. The molecule has 0 aliphatic carbocycles. The van der Waals surface area contributed by atoms with Crippen LogP contribution in [0.15, 0.2) is 53.7 Å². The summed E-state index contributed by atoms with van der Waals surface area (Å²) in [6.45, 7) is 9.07. The van der Waals surface area contributed by atoms with Crippen LogP contribution in [0.5, 0.6) is 5.75 Å². The molecule has 0 aliphatic heterocycles. The van der Waals surface area contributed by atoms with Gasteiger partial charge in [0.2, 0.25) is 5.91 Å². The second-order valence-electron chi connectivity index (χ2n) is 9.77. The van der Waals surface area contributed by atoms with Gasteiger partial charge in [0.25, 0.3) is 5.91 Å². The molecule has 2 N–H and O–H groups in total. The molecule has 47 heavy (non-hydrogen) atoms. The number of halogens is 1. The molecule has 0 aliphatic rings. The first-order valence-electron chi connectivity index (χ1n) is 14.7. The Kier molecular flexibility index (Phi) is 12.1. The van der Waals surface area contributed by atoms with Crippen molar-refractivity contribution in [1.82, 2.24) is 20.1 Å². The number of hydrogen-bond acceptors (Lipinski definition) is 11. The molecule has 15 heteroatoms. The number of esters is 2. The fourth-order valence-electron chi connectivity index (χ4n) is 4.38. The lowest BCUT2D eigenvalue weighted by atomic mass is 10.1. The second kappa shape index (κ2) is 16.2. The van der Waals surface area contributed by atoms with E-state index in [4.69, 9.17) is 14.2 Å². The molecule has 2 aromatic heterocycles. The first kappa shape index (κ1) is 35.1. The van der Waals surface area contributed by atoms with E-state index in [2.05, 4.69) is 20.8 Å². The summed E-state index contributed by atoms with van der Waals surface area (Å²) in [5.41, 5.74) is 0.939. The maximum Gasteiger partial charge on any atom is 0.348 e. The van der Waals surface area contributed by atoms with Crippen molar-refractivity contribution in [2.75, 3.05) is 25.1 Å². The lowest BCUT2D eigenvalue weighted by molar-refractivity contribution is -0.115. The Morgan fingerprint density at radius 2 is 1.64 bits per heavy atom. The number of thiophene rings is 1. The normalized spacial score (nSPS) is 11.4. The van der Waals surface area contributed by atoms with Crippen LogP contribution in [0.3, 0.4) is 0 Å². The molecular weight excluding hydrogens is 650 g/mol. The zero-order chi connectivity index (χ0) is 34.1. The van der Waals surface area contributed by atoms with Crippen LogP contribution in [-0.2, 0) is 20.8 Å². The standard InChI is InChI=1S/C32H34FN5O7S2/c1-6-43-21-15-13-20(14-16-21)38-24(17-34-28(40)22-11-9-10-12-23(22)33)36-37-32(38)46-19(5)27(39)35-29-25(30(41)44-7-2)18(4)26(47-29)31(42)45-8-3/h9-16,19H,6-8,17H2,1-5H3,(H,34,40)(H,35,39). The van der Waals surface area contributed by atoms with Crippen molar-refractivity contribution in [3.05, 3.63) is 81.7 Å². The summed E-state index contributed by atoms with van der Waals surface area (Å²) in [4.78, 5) is 51.7. The highest BCUT2D eigenvalue weighted by atomic mass is 32.2. The van der Waals surface area contributed by atoms with E-state index < -0.39 is 34.8 Å². The molecule has 0 radical (unpaired) electrons. The van der Waals surface area contributed by atoms with Gasteiger partial charge in [0.15, 0.2) is 11.0 Å². The SMILES string of the molecule is CCOC(=O)c1sc(NC(=O)C(C)Sc2nnc(CNC(=O)c3ccccc3F)n2-c2ccc(OCC)cc2)c(C(=O)OCC)c1C. The number of thioether (sulfide) groups is 1. The highest BCUT2D eigenvalue weighted by Crippen LogP contribution is 2.35. The van der Waals surface area contributed by atoms with E-state index in [1.54, 1.807) is 62.6 Å². The van der Waals surface area contributed by atoms with Gasteiger partial charge in [-0.05, 0) is 76.6 Å². The molecule has 0 saturated carbocycles. The summed E-state index contributed by atoms with van der Waals surface area (Å²) in [5.74, 6) is -2.08. The quantitative estimate of drug-likeness (QED) is 0.127. The summed E-state index contributed by atoms with van der Waals surface area (Å²) in [7, 11) is 0. The predicted molar refractivity (Wildman–Crippen MR) is 175 cm³/mol. The van der Waals surface area contributed by atoms with Gasteiger partial charge in [0.05, 0.1) is 42.7 Å². The minimum atomic E-state index is -0.773. The van der Waals surface area contributed by atoms with Gasteiger partial charge in [-0.25, -0.2) is 14.0 Å². The third kappa shape index (κ3) is 8.34. The highest BCUT2D eigenvalue weighted by Gasteiger charge is 2.29. The van der Waals surface area contributed by atoms with Gasteiger partial charge in [-0.15, -0.1) is 21.5 Å². The van der Waals surface area contributed by atoms with Crippen LogP contribution < -0.4 is 15.4 Å². The van der Waals surface area contributed by atoms with E-state index in [0.717, 1.165) is 23.1 Å². The van der Waals surface area contributed by atoms with Crippen molar-refractivity contribution in [2.45, 2.75) is 51.6 Å². The number of carbonyl (C=O) groups is 4. The van der Waals surface area contributed by atoms with Gasteiger partial charge >= 0.3 is 11.9 Å². The van der Waals surface area contributed by atoms with Crippen molar-refractivity contribution >= 4 is 51.9 Å². The molecule has 2 aromatic carbocycles. The van der Waals surface area contributed by atoms with Crippen molar-refractivity contribution in [3.63, 3.8) is 0 Å². The van der Waals surface area contributed by atoms with E-state index in [-0.39, 0.29) is 40.8 Å². The Bertz CT molecular complexity index is 1760. The second-order valence-corrected chi connectivity index (χ2v) is 12.1. The summed E-state index contributed by atoms with van der Waals surface area (Å²) < 4.78 is 31.7. The van der Waals surface area contributed by atoms with Gasteiger partial charge in [-0.2, -0.15) is 0 Å². The summed E-state index contributed by atoms with van der Waals surface area (Å²) in [5, 5.41) is 13.7. The Hall–Kier alpha value is -4.76. The van der Waals surface area contributed by atoms with Gasteiger partial charge in [0, 0.05) is 5.69 Å². The van der Waals surface area contributed by atoms with Crippen LogP contribution in [0.2, 0.25) is 0 Å². The first-order valence-corrected chi connectivity index (χ1v) is 16.4. The minimum Gasteiger partial charge on any atom is -0.494 e. The van der Waals surface area contributed by atoms with Gasteiger partial charge < -0.3 is 24.8 Å². The van der Waals surface area contributed by atoms with Crippen LogP contribution in [0.25, 0.3) is 5.69 Å². The van der Waals surface area contributed by atoms with Crippen LogP contribution in [0.4, 0.5) is 9.39 Å². The van der Waals surface area contributed by atoms with Gasteiger partial charge in [-0.1, -0.05) is 23.9 Å². The zero-order valence-corrected chi connectivity index (χ0v) is 28.1. The van der Waals surface area contributed by atoms with Crippen molar-refractivity contribution in [3.8, 4) is 11.4 Å². The molecule has 0 spiro atoms. The Morgan fingerprint density at radius 1 is 0.957 bits per heavy atom. The number of nitrogens with zero attached hydrogens (tertiary/aromatic N) is 3. The number of amides is 2. The topological polar surface area (TPSA) is 151 Å². The minimum absolute atomic E-state index is 0.0795. The van der Waals surface area contributed by atoms with Crippen molar-refractivity contribution in [2.24, 2.45) is 0 Å². The third-order valence-electron chi connectivity index (χ3n) is 6.61. The van der Waals surface area contributed by atoms with Crippen molar-refractivity contribution in [1.29, 1.82) is 0 Å². The van der Waals surface area contributed by atoms with Crippen LogP contribution in [-0.4, -0.2) is 63.6 Å². The van der Waals surface area contributed by atoms with Gasteiger partial charge in [-0.3, -0.25) is 14.2 Å². The number of ether oxygens (including phenoxy) is 3. The summed E-state index contributed by atoms with van der Waals surface area (Å²) in [6.07, 6.45) is 0. The summed E-state index contributed by atoms with van der Waals surface area (Å²) in [6, 6.07) is 12.7. The number of benzene rings is 2. The lowest BCUT2D eigenvalue weighted by Crippen LogP contribution is -2.26. The molecule has 4 aromatic rings. The van der Waals surface area contributed by atoms with E-state index in [9.17, 15) is 23.6 Å². The fraction of sp³-hybridized carbons (Fsp3) is 0.312. The van der Waals surface area contributed by atoms with Crippen molar-refractivity contribution < 1.29 is 37.8 Å². The Balaban J connectivity index is 1.60. The van der Waals surface area contributed by atoms with E-state index >= 15 is 0 Å². The molecule has 2 amide bonds. The molecule has 0 saturated heterocycles. The predicted octanol–water partition coefficient (Wildman–Crippen LogP) is 5.58. The molecule has 248 valence electrons. The van der Waals surface area contributed by atoms with E-state index in [0.29, 0.717) is 34.6 Å². The average molecular weight is 684 g/mol.